The molecule has 3 aliphatic heterocycles. The van der Waals surface area contributed by atoms with Gasteiger partial charge in [0, 0.05) is 25.5 Å². The van der Waals surface area contributed by atoms with E-state index in [2.05, 4.69) is 21.1 Å². The number of hydrogen-bond acceptors (Lipinski definition) is 9. The molecular weight excluding hydrogens is 562 g/mol. The average Bonchev–Trinajstić information content (AvgIpc) is 3.02. The molecule has 1 aromatic carbocycles. The number of hydrazine groups is 2. The van der Waals surface area contributed by atoms with E-state index in [0.717, 1.165) is 48.8 Å². The number of benzene rings is 1. The first-order valence-electron chi connectivity index (χ1n) is 15.5. The highest BCUT2D eigenvalue weighted by atomic mass is 16.5. The summed E-state index contributed by atoms with van der Waals surface area (Å²) in [6.45, 7) is 7.35. The topological polar surface area (TPSA) is 136 Å². The normalized spacial score (nSPS) is 26.6. The third-order valence-corrected chi connectivity index (χ3v) is 8.45. The largest absolute Gasteiger partial charge is 0.450 e. The maximum absolute atomic E-state index is 13.6. The Labute approximate surface area is 258 Å². The first kappa shape index (κ1) is 31.4. The number of rotatable bonds is 2. The summed E-state index contributed by atoms with van der Waals surface area (Å²) in [6, 6.07) is 7.98. The molecule has 5 rings (SSSR count). The van der Waals surface area contributed by atoms with Gasteiger partial charge in [-0.1, -0.05) is 30.7 Å². The van der Waals surface area contributed by atoms with Crippen molar-refractivity contribution < 1.29 is 23.9 Å². The Morgan fingerprint density at radius 2 is 1.73 bits per heavy atom. The second kappa shape index (κ2) is 13.3. The van der Waals surface area contributed by atoms with Crippen LogP contribution < -0.4 is 21.2 Å². The standard InChI is InChI=1S/C32H43N7O5/c1-21-30(42)39-18-8-9-24(35-39)28(40)36-37(4)27-13-12-23-11-10-22(19-25(23)34-27)14-15-32(2,3)31(43)44-26(29(41)33-21)20-38-16-6-5-7-17-38/h10-15,19,21,24,26,35H,5-9,16-18,20H2,1-4H3,(H,33,41)(H,36,40)/b15-14+/t21-,24-,26-/m0/s1. The van der Waals surface area contributed by atoms with Gasteiger partial charge in [0.15, 0.2) is 6.10 Å². The number of nitrogens with zero attached hydrogens (tertiary/aromatic N) is 4. The predicted molar refractivity (Wildman–Crippen MR) is 167 cm³/mol. The SMILES string of the molecule is C[C@@H]1NC(=O)[C@H](CN2CCCCC2)OC(=O)C(C)(C)/C=C/c2ccc3ccc(nc3c2)N(C)NC(=O)[C@@H]2CCCN(N2)C1=O. The number of amides is 3. The van der Waals surface area contributed by atoms with E-state index in [1.807, 2.05) is 36.4 Å². The van der Waals surface area contributed by atoms with E-state index in [9.17, 15) is 19.2 Å². The minimum absolute atomic E-state index is 0.245. The number of piperidine rings is 1. The number of fused-ring (bicyclic) bond motifs is 4. The maximum atomic E-state index is 13.6. The monoisotopic (exact) mass is 605 g/mol. The zero-order valence-electron chi connectivity index (χ0n) is 26.0. The fourth-order valence-electron chi connectivity index (χ4n) is 5.65. The van der Waals surface area contributed by atoms with Crippen LogP contribution in [0.1, 0.15) is 58.4 Å². The summed E-state index contributed by atoms with van der Waals surface area (Å²) in [5.41, 5.74) is 6.41. The summed E-state index contributed by atoms with van der Waals surface area (Å²) in [7, 11) is 1.71. The van der Waals surface area contributed by atoms with Gasteiger partial charge in [0.05, 0.1) is 10.9 Å². The van der Waals surface area contributed by atoms with Gasteiger partial charge >= 0.3 is 5.97 Å². The molecule has 3 N–H and O–H groups in total. The summed E-state index contributed by atoms with van der Waals surface area (Å²) in [4.78, 5) is 60.5. The molecule has 4 heterocycles. The Hall–Kier alpha value is -4.03. The zero-order valence-corrected chi connectivity index (χ0v) is 26.0. The van der Waals surface area contributed by atoms with Gasteiger partial charge in [0.25, 0.3) is 17.7 Å². The molecule has 44 heavy (non-hydrogen) atoms. The van der Waals surface area contributed by atoms with Gasteiger partial charge in [0.1, 0.15) is 17.9 Å². The van der Waals surface area contributed by atoms with Crippen molar-refractivity contribution in [3.63, 3.8) is 0 Å². The van der Waals surface area contributed by atoms with Crippen molar-refractivity contribution in [3.8, 4) is 0 Å². The van der Waals surface area contributed by atoms with Crippen LogP contribution in [0.5, 0.6) is 0 Å². The Kier molecular flexibility index (Phi) is 9.50. The minimum Gasteiger partial charge on any atom is -0.450 e. The quantitative estimate of drug-likeness (QED) is 0.440. The van der Waals surface area contributed by atoms with E-state index in [1.54, 1.807) is 38.9 Å². The van der Waals surface area contributed by atoms with Gasteiger partial charge in [-0.25, -0.2) is 10.4 Å². The lowest BCUT2D eigenvalue weighted by molar-refractivity contribution is -0.163. The van der Waals surface area contributed by atoms with E-state index in [4.69, 9.17) is 9.72 Å². The number of hydrogen-bond donors (Lipinski definition) is 3. The fourth-order valence-corrected chi connectivity index (χ4v) is 5.65. The molecule has 3 amide bonds. The lowest BCUT2D eigenvalue weighted by Crippen LogP contribution is -2.62. The summed E-state index contributed by atoms with van der Waals surface area (Å²) >= 11 is 0. The molecule has 1 aromatic heterocycles. The molecule has 3 aliphatic rings. The van der Waals surface area contributed by atoms with Crippen molar-refractivity contribution in [2.24, 2.45) is 5.41 Å². The number of carbonyl (C=O) groups excluding carboxylic acids is 4. The summed E-state index contributed by atoms with van der Waals surface area (Å²) in [5.74, 6) is -1.21. The molecule has 0 spiro atoms. The van der Waals surface area contributed by atoms with Crippen molar-refractivity contribution >= 4 is 46.5 Å². The molecule has 2 aromatic rings. The van der Waals surface area contributed by atoms with E-state index in [0.29, 0.717) is 25.2 Å². The van der Waals surface area contributed by atoms with Crippen LogP contribution in [0, 0.1) is 5.41 Å². The molecule has 0 radical (unpaired) electrons. The van der Waals surface area contributed by atoms with Crippen LogP contribution in [0.2, 0.25) is 0 Å². The highest BCUT2D eigenvalue weighted by molar-refractivity contribution is 5.92. The molecule has 3 atom stereocenters. The molecule has 0 saturated carbocycles. The summed E-state index contributed by atoms with van der Waals surface area (Å²) in [5, 5.41) is 6.63. The molecule has 0 unspecified atom stereocenters. The van der Waals surface area contributed by atoms with Crippen molar-refractivity contribution in [2.45, 2.75) is 71.1 Å². The average molecular weight is 606 g/mol. The number of carbonyl (C=O) groups is 4. The first-order valence-corrected chi connectivity index (χ1v) is 15.5. The Balaban J connectivity index is 1.47. The second-order valence-electron chi connectivity index (χ2n) is 12.5. The molecule has 0 aliphatic carbocycles. The minimum atomic E-state index is -1.09. The highest BCUT2D eigenvalue weighted by Gasteiger charge is 2.36. The Morgan fingerprint density at radius 1 is 0.977 bits per heavy atom. The molecule has 236 valence electrons. The smallest absolute Gasteiger partial charge is 0.316 e. The Bertz CT molecular complexity index is 1440. The molecule has 2 fully saturated rings. The van der Waals surface area contributed by atoms with Crippen LogP contribution in [-0.4, -0.2) is 90.0 Å². The van der Waals surface area contributed by atoms with Crippen LogP contribution in [0.3, 0.4) is 0 Å². The van der Waals surface area contributed by atoms with Gasteiger partial charge < -0.3 is 10.1 Å². The number of nitrogens with one attached hydrogen (secondary N) is 3. The van der Waals surface area contributed by atoms with Crippen molar-refractivity contribution in [1.29, 1.82) is 0 Å². The number of likely N-dealkylation sites (tertiary alicyclic amines) is 1. The van der Waals surface area contributed by atoms with E-state index >= 15 is 0 Å². The van der Waals surface area contributed by atoms with Gasteiger partial charge in [-0.05, 0) is 83.3 Å². The van der Waals surface area contributed by atoms with Crippen LogP contribution >= 0.6 is 0 Å². The van der Waals surface area contributed by atoms with Crippen molar-refractivity contribution in [3.05, 3.63) is 42.0 Å². The van der Waals surface area contributed by atoms with Crippen LogP contribution in [0.4, 0.5) is 5.82 Å². The number of anilines is 1. The highest BCUT2D eigenvalue weighted by Crippen LogP contribution is 2.25. The van der Waals surface area contributed by atoms with E-state index in [1.165, 1.54) is 5.01 Å². The van der Waals surface area contributed by atoms with Crippen molar-refractivity contribution in [2.75, 3.05) is 38.2 Å². The Morgan fingerprint density at radius 3 is 2.50 bits per heavy atom. The second-order valence-corrected chi connectivity index (χ2v) is 12.5. The fraction of sp³-hybridized carbons (Fsp3) is 0.531. The number of aromatic nitrogens is 1. The number of pyridine rings is 1. The van der Waals surface area contributed by atoms with Crippen LogP contribution in [-0.2, 0) is 23.9 Å². The molecular formula is C32H43N7O5. The lowest BCUT2D eigenvalue weighted by Gasteiger charge is -2.36. The van der Waals surface area contributed by atoms with Crippen LogP contribution in [0.15, 0.2) is 36.4 Å². The van der Waals surface area contributed by atoms with Crippen LogP contribution in [0.25, 0.3) is 17.0 Å². The molecule has 5 bridgehead atoms. The van der Waals surface area contributed by atoms with Gasteiger partial charge in [-0.15, -0.1) is 0 Å². The predicted octanol–water partition coefficient (Wildman–Crippen LogP) is 2.15. The van der Waals surface area contributed by atoms with Gasteiger partial charge in [-0.2, -0.15) is 0 Å². The molecule has 12 nitrogen and oxygen atoms in total. The van der Waals surface area contributed by atoms with E-state index < -0.39 is 35.5 Å². The number of ether oxygens (including phenoxy) is 1. The zero-order chi connectivity index (χ0) is 31.4. The van der Waals surface area contributed by atoms with Crippen molar-refractivity contribution in [1.82, 2.24) is 31.1 Å². The first-order chi connectivity index (χ1) is 21.0. The summed E-state index contributed by atoms with van der Waals surface area (Å²) in [6.07, 6.45) is 6.80. The number of esters is 1. The summed E-state index contributed by atoms with van der Waals surface area (Å²) < 4.78 is 5.89. The van der Waals surface area contributed by atoms with Gasteiger partial charge in [-0.3, -0.25) is 39.5 Å². The van der Waals surface area contributed by atoms with Gasteiger partial charge in [0.2, 0.25) is 0 Å². The maximum Gasteiger partial charge on any atom is 0.316 e. The third-order valence-electron chi connectivity index (χ3n) is 8.45. The molecule has 2 saturated heterocycles. The lowest BCUT2D eigenvalue weighted by atomic mass is 9.92. The molecule has 12 heteroatoms. The third kappa shape index (κ3) is 7.36. The van der Waals surface area contributed by atoms with E-state index in [-0.39, 0.29) is 18.4 Å². The number of cyclic esters (lactones) is 1.